The minimum Gasteiger partial charge on any atom is -0.497 e. The number of fused-ring (bicyclic) bond motifs is 1. The lowest BCUT2D eigenvalue weighted by Gasteiger charge is -1.96. The number of ether oxygens (including phenoxy) is 1. The van der Waals surface area contributed by atoms with E-state index in [9.17, 15) is 0 Å². The molecule has 0 unspecified atom stereocenters. The van der Waals surface area contributed by atoms with E-state index < -0.39 is 0 Å². The molecule has 2 rings (SSSR count). The van der Waals surface area contributed by atoms with E-state index in [1.165, 1.54) is 11.8 Å². The van der Waals surface area contributed by atoms with Gasteiger partial charge < -0.3 is 9.72 Å². The molecule has 0 atom stereocenters. The summed E-state index contributed by atoms with van der Waals surface area (Å²) in [7, 11) is 1.64. The van der Waals surface area contributed by atoms with Crippen LogP contribution in [0.1, 0.15) is 0 Å². The van der Waals surface area contributed by atoms with Gasteiger partial charge in [0.2, 0.25) is 0 Å². The number of benzene rings is 1. The van der Waals surface area contributed by atoms with Crippen molar-refractivity contribution in [1.82, 2.24) is 9.97 Å². The number of nitrogens with one attached hydrogen (secondary N) is 1. The number of methoxy groups -OCH3 is 1. The molecule has 0 aliphatic heterocycles. The second-order valence-electron chi connectivity index (χ2n) is 2.92. The molecule has 76 valence electrons. The lowest BCUT2D eigenvalue weighted by atomic mass is 10.3. The van der Waals surface area contributed by atoms with Crippen molar-refractivity contribution in [1.29, 1.82) is 0 Å². The Morgan fingerprint density at radius 2 is 2.47 bits per heavy atom. The Hall–Kier alpha value is -1.60. The van der Waals surface area contributed by atoms with Crippen LogP contribution in [0.15, 0.2) is 23.4 Å². The van der Waals surface area contributed by atoms with Gasteiger partial charge in [0.15, 0.2) is 5.16 Å². The number of H-pyrrole nitrogens is 1. The van der Waals surface area contributed by atoms with E-state index in [4.69, 9.17) is 11.2 Å². The largest absolute Gasteiger partial charge is 0.497 e. The lowest BCUT2D eigenvalue weighted by molar-refractivity contribution is 0.415. The summed E-state index contributed by atoms with van der Waals surface area (Å²) in [6.07, 6.45) is 5.18. The fraction of sp³-hybridized carbons (Fsp3) is 0.182. The van der Waals surface area contributed by atoms with Crippen LogP contribution in [0.2, 0.25) is 0 Å². The van der Waals surface area contributed by atoms with Gasteiger partial charge in [-0.3, -0.25) is 0 Å². The molecule has 1 heterocycles. The summed E-state index contributed by atoms with van der Waals surface area (Å²) >= 11 is 1.52. The van der Waals surface area contributed by atoms with Gasteiger partial charge in [-0.15, -0.1) is 6.42 Å². The first-order valence-electron chi connectivity index (χ1n) is 4.43. The van der Waals surface area contributed by atoms with Crippen LogP contribution >= 0.6 is 11.8 Å². The first kappa shape index (κ1) is 9.94. The Kier molecular flexibility index (Phi) is 2.84. The van der Waals surface area contributed by atoms with Gasteiger partial charge in [-0.2, -0.15) is 0 Å². The SMILES string of the molecule is C#CCSc1nc2ccc(OC)cc2[nH]1. The number of rotatable bonds is 3. The average molecular weight is 218 g/mol. The van der Waals surface area contributed by atoms with E-state index >= 15 is 0 Å². The van der Waals surface area contributed by atoms with Gasteiger partial charge in [-0.05, 0) is 12.1 Å². The van der Waals surface area contributed by atoms with Gasteiger partial charge in [0, 0.05) is 6.07 Å². The highest BCUT2D eigenvalue weighted by atomic mass is 32.2. The molecular formula is C11H10N2OS. The maximum Gasteiger partial charge on any atom is 0.167 e. The van der Waals surface area contributed by atoms with Crippen molar-refractivity contribution in [3.63, 3.8) is 0 Å². The third kappa shape index (κ3) is 2.08. The van der Waals surface area contributed by atoms with Gasteiger partial charge in [-0.25, -0.2) is 4.98 Å². The minimum atomic E-state index is 0.622. The van der Waals surface area contributed by atoms with Gasteiger partial charge in [0.05, 0.1) is 23.9 Å². The number of aromatic nitrogens is 2. The van der Waals surface area contributed by atoms with Gasteiger partial charge in [0.1, 0.15) is 5.75 Å². The zero-order chi connectivity index (χ0) is 10.7. The number of hydrogen-bond donors (Lipinski definition) is 1. The number of terminal acetylenes is 1. The molecule has 0 spiro atoms. The smallest absolute Gasteiger partial charge is 0.167 e. The highest BCUT2D eigenvalue weighted by Gasteiger charge is 2.03. The van der Waals surface area contributed by atoms with Crippen LogP contribution in [0, 0.1) is 12.3 Å². The first-order valence-corrected chi connectivity index (χ1v) is 5.42. The van der Waals surface area contributed by atoms with Crippen LogP contribution < -0.4 is 4.74 Å². The highest BCUT2D eigenvalue weighted by molar-refractivity contribution is 7.99. The van der Waals surface area contributed by atoms with Crippen LogP contribution in [-0.4, -0.2) is 22.8 Å². The lowest BCUT2D eigenvalue weighted by Crippen LogP contribution is -1.81. The molecular weight excluding hydrogens is 208 g/mol. The summed E-state index contributed by atoms with van der Waals surface area (Å²) < 4.78 is 5.13. The molecule has 0 aliphatic carbocycles. The van der Waals surface area contributed by atoms with Crippen molar-refractivity contribution in [2.75, 3.05) is 12.9 Å². The molecule has 15 heavy (non-hydrogen) atoms. The molecule has 0 radical (unpaired) electrons. The van der Waals surface area contributed by atoms with Crippen LogP contribution in [0.25, 0.3) is 11.0 Å². The predicted molar refractivity (Wildman–Crippen MR) is 62.2 cm³/mol. The topological polar surface area (TPSA) is 37.9 Å². The Balaban J connectivity index is 2.34. The van der Waals surface area contributed by atoms with E-state index in [1.807, 2.05) is 18.2 Å². The maximum absolute atomic E-state index is 5.18. The summed E-state index contributed by atoms with van der Waals surface area (Å²) in [4.78, 5) is 7.56. The van der Waals surface area contributed by atoms with Crippen LogP contribution in [0.5, 0.6) is 5.75 Å². The average Bonchev–Trinajstić information content (AvgIpc) is 2.67. The molecule has 4 heteroatoms. The predicted octanol–water partition coefficient (Wildman–Crippen LogP) is 2.30. The molecule has 0 aliphatic rings. The standard InChI is InChI=1S/C11H10N2OS/c1-3-6-15-11-12-9-5-4-8(14-2)7-10(9)13-11/h1,4-5,7H,6H2,2H3,(H,12,13). The quantitative estimate of drug-likeness (QED) is 0.634. The molecule has 2 aromatic rings. The van der Waals surface area contributed by atoms with E-state index in [-0.39, 0.29) is 0 Å². The van der Waals surface area contributed by atoms with Gasteiger partial charge in [0.25, 0.3) is 0 Å². The Bertz CT molecular complexity index is 513. The zero-order valence-electron chi connectivity index (χ0n) is 8.28. The monoisotopic (exact) mass is 218 g/mol. The van der Waals surface area contributed by atoms with E-state index in [1.54, 1.807) is 7.11 Å². The Labute approximate surface area is 92.2 Å². The molecule has 1 aromatic carbocycles. The summed E-state index contributed by atoms with van der Waals surface area (Å²) in [5.41, 5.74) is 1.89. The number of imidazole rings is 1. The molecule has 3 nitrogen and oxygen atoms in total. The normalized spacial score (nSPS) is 10.1. The molecule has 0 saturated heterocycles. The van der Waals surface area contributed by atoms with E-state index in [2.05, 4.69) is 15.9 Å². The Morgan fingerprint density at radius 1 is 1.60 bits per heavy atom. The minimum absolute atomic E-state index is 0.622. The van der Waals surface area contributed by atoms with Crippen molar-refractivity contribution in [2.45, 2.75) is 5.16 Å². The third-order valence-electron chi connectivity index (χ3n) is 1.96. The molecule has 1 aromatic heterocycles. The van der Waals surface area contributed by atoms with Gasteiger partial charge >= 0.3 is 0 Å². The van der Waals surface area contributed by atoms with Crippen molar-refractivity contribution >= 4 is 22.8 Å². The van der Waals surface area contributed by atoms with E-state index in [0.717, 1.165) is 21.9 Å². The first-order chi connectivity index (χ1) is 7.33. The highest BCUT2D eigenvalue weighted by Crippen LogP contribution is 2.22. The van der Waals surface area contributed by atoms with Gasteiger partial charge in [-0.1, -0.05) is 17.7 Å². The second kappa shape index (κ2) is 4.28. The maximum atomic E-state index is 5.18. The third-order valence-corrected chi connectivity index (χ3v) is 2.74. The molecule has 0 saturated carbocycles. The van der Waals surface area contributed by atoms with Crippen molar-refractivity contribution in [3.05, 3.63) is 18.2 Å². The molecule has 0 bridgehead atoms. The van der Waals surface area contributed by atoms with Crippen LogP contribution in [0.3, 0.4) is 0 Å². The van der Waals surface area contributed by atoms with Crippen molar-refractivity contribution < 1.29 is 4.74 Å². The second-order valence-corrected chi connectivity index (χ2v) is 3.88. The summed E-state index contributed by atoms with van der Waals surface area (Å²) in [6, 6.07) is 5.73. The zero-order valence-corrected chi connectivity index (χ0v) is 9.10. The summed E-state index contributed by atoms with van der Waals surface area (Å²) in [5, 5.41) is 0.844. The number of hydrogen-bond acceptors (Lipinski definition) is 3. The molecule has 0 fully saturated rings. The Morgan fingerprint density at radius 3 is 3.20 bits per heavy atom. The molecule has 1 N–H and O–H groups in total. The number of thioether (sulfide) groups is 1. The van der Waals surface area contributed by atoms with Crippen molar-refractivity contribution in [3.8, 4) is 18.1 Å². The van der Waals surface area contributed by atoms with Crippen LogP contribution in [0.4, 0.5) is 0 Å². The number of aromatic amines is 1. The summed E-state index contributed by atoms with van der Waals surface area (Å²) in [6.45, 7) is 0. The fourth-order valence-electron chi connectivity index (χ4n) is 1.27. The molecule has 0 amide bonds. The van der Waals surface area contributed by atoms with Crippen LogP contribution in [-0.2, 0) is 0 Å². The van der Waals surface area contributed by atoms with E-state index in [0.29, 0.717) is 5.75 Å². The van der Waals surface area contributed by atoms with Crippen molar-refractivity contribution in [2.24, 2.45) is 0 Å². The summed E-state index contributed by atoms with van der Waals surface area (Å²) in [5.74, 6) is 4.00. The fourth-order valence-corrected chi connectivity index (χ4v) is 1.84. The number of nitrogens with zero attached hydrogens (tertiary/aromatic N) is 1.